The van der Waals surface area contributed by atoms with E-state index in [0.717, 1.165) is 5.56 Å². The number of phenols is 1. The van der Waals surface area contributed by atoms with Crippen LogP contribution in [-0.4, -0.2) is 69.6 Å². The fourth-order valence-corrected chi connectivity index (χ4v) is 3.36. The minimum absolute atomic E-state index is 0.0489. The van der Waals surface area contributed by atoms with Crippen molar-refractivity contribution in [2.24, 2.45) is 11.7 Å². The number of nitrogens with one attached hydrogen (secondary N) is 3. The van der Waals surface area contributed by atoms with Crippen molar-refractivity contribution >= 4 is 48.9 Å². The monoisotopic (exact) mass is 500 g/mol. The highest BCUT2D eigenvalue weighted by atomic mass is 32.1. The number of aliphatic carboxylic acids is 1. The molecule has 0 heterocycles. The predicted octanol–water partition coefficient (Wildman–Crippen LogP) is -0.293. The van der Waals surface area contributed by atoms with Gasteiger partial charge >= 0.3 is 5.97 Å². The van der Waals surface area contributed by atoms with Gasteiger partial charge in [0.05, 0.1) is 6.04 Å². The highest BCUT2D eigenvalue weighted by Crippen LogP contribution is 2.12. The molecule has 0 aliphatic carbocycles. The number of benzene rings is 1. The van der Waals surface area contributed by atoms with Crippen LogP contribution in [0.2, 0.25) is 0 Å². The molecule has 5 unspecified atom stereocenters. The van der Waals surface area contributed by atoms with Crippen molar-refractivity contribution in [2.45, 2.75) is 50.9 Å². The molecule has 0 aliphatic rings. The van der Waals surface area contributed by atoms with Crippen molar-refractivity contribution in [1.82, 2.24) is 16.0 Å². The van der Waals surface area contributed by atoms with Crippen molar-refractivity contribution in [3.8, 4) is 5.75 Å². The Morgan fingerprint density at radius 1 is 0.939 bits per heavy atom. The molecule has 0 spiro atoms. The average molecular weight is 501 g/mol. The highest BCUT2D eigenvalue weighted by Gasteiger charge is 2.32. The van der Waals surface area contributed by atoms with Gasteiger partial charge in [0.1, 0.15) is 23.9 Å². The van der Waals surface area contributed by atoms with Crippen LogP contribution >= 0.6 is 25.3 Å². The molecule has 1 rings (SSSR count). The van der Waals surface area contributed by atoms with Crippen LogP contribution in [0.4, 0.5) is 0 Å². The molecule has 0 saturated carbocycles. The average Bonchev–Trinajstić information content (AvgIpc) is 2.79. The maximum absolute atomic E-state index is 12.8. The Labute approximate surface area is 203 Å². The lowest BCUT2D eigenvalue weighted by Gasteiger charge is -2.27. The SMILES string of the molecule is CCC(C)C(NC(=O)C(CS)NC(=O)C(N)Cc1ccc(O)cc1)C(=O)NC(CS)C(=O)O. The Kier molecular flexibility index (Phi) is 12.1. The van der Waals surface area contributed by atoms with Gasteiger partial charge in [-0.25, -0.2) is 4.79 Å². The summed E-state index contributed by atoms with van der Waals surface area (Å²) in [5.41, 5.74) is 6.68. The number of nitrogens with two attached hydrogens (primary N) is 1. The lowest BCUT2D eigenvalue weighted by atomic mass is 9.97. The maximum atomic E-state index is 12.8. The summed E-state index contributed by atoms with van der Waals surface area (Å²) in [7, 11) is 0. The molecule has 12 heteroatoms. The van der Waals surface area contributed by atoms with E-state index in [4.69, 9.17) is 10.8 Å². The number of carbonyl (C=O) groups excluding carboxylic acids is 3. The molecular weight excluding hydrogens is 468 g/mol. The largest absolute Gasteiger partial charge is 0.508 e. The standard InChI is InChI=1S/C21H32N4O6S2/c1-3-11(2)17(20(29)24-16(10-33)21(30)31)25-19(28)15(9-32)23-18(27)14(22)8-12-4-6-13(26)7-5-12/h4-7,11,14-17,26,32-33H,3,8-10,22H2,1-2H3,(H,23,27)(H,24,29)(H,25,28)(H,30,31). The number of hydrogen-bond donors (Lipinski definition) is 8. The zero-order valence-corrected chi connectivity index (χ0v) is 20.3. The van der Waals surface area contributed by atoms with E-state index in [1.165, 1.54) is 12.1 Å². The number of phenolic OH excluding ortho intramolecular Hbond substituents is 1. The third-order valence-corrected chi connectivity index (χ3v) is 5.86. The first kappa shape index (κ1) is 28.6. The molecule has 0 bridgehead atoms. The zero-order chi connectivity index (χ0) is 25.1. The number of aromatic hydroxyl groups is 1. The maximum Gasteiger partial charge on any atom is 0.327 e. The second-order valence-electron chi connectivity index (χ2n) is 7.67. The summed E-state index contributed by atoms with van der Waals surface area (Å²) in [6.45, 7) is 3.56. The van der Waals surface area contributed by atoms with Gasteiger partial charge in [-0.3, -0.25) is 14.4 Å². The number of rotatable bonds is 13. The smallest absolute Gasteiger partial charge is 0.327 e. The molecule has 184 valence electrons. The minimum atomic E-state index is -1.24. The summed E-state index contributed by atoms with van der Waals surface area (Å²) in [4.78, 5) is 49.2. The molecule has 3 amide bonds. The van der Waals surface area contributed by atoms with Crippen LogP contribution < -0.4 is 21.7 Å². The molecule has 5 atom stereocenters. The summed E-state index contributed by atoms with van der Waals surface area (Å²) >= 11 is 8.05. The molecule has 0 saturated heterocycles. The molecule has 0 radical (unpaired) electrons. The second kappa shape index (κ2) is 14.0. The molecule has 1 aromatic carbocycles. The van der Waals surface area contributed by atoms with Gasteiger partial charge in [0.2, 0.25) is 17.7 Å². The number of carbonyl (C=O) groups is 4. The van der Waals surface area contributed by atoms with E-state index in [0.29, 0.717) is 6.42 Å². The number of carboxylic acid groups (broad SMARTS) is 1. The number of carboxylic acids is 1. The summed E-state index contributed by atoms with van der Waals surface area (Å²) in [6, 6.07) is 1.98. The molecule has 0 fully saturated rings. The molecule has 10 nitrogen and oxygen atoms in total. The summed E-state index contributed by atoms with van der Waals surface area (Å²) < 4.78 is 0. The van der Waals surface area contributed by atoms with E-state index in [-0.39, 0.29) is 29.6 Å². The Hall–Kier alpha value is -2.44. The third kappa shape index (κ3) is 9.14. The van der Waals surface area contributed by atoms with Crippen LogP contribution in [0.5, 0.6) is 5.75 Å². The molecule has 0 aliphatic heterocycles. The van der Waals surface area contributed by atoms with Gasteiger partial charge in [-0.05, 0) is 30.0 Å². The Balaban J connectivity index is 2.82. The second-order valence-corrected chi connectivity index (χ2v) is 8.40. The Bertz CT molecular complexity index is 823. The fourth-order valence-electron chi connectivity index (χ4n) is 2.85. The first-order valence-electron chi connectivity index (χ1n) is 10.4. The van der Waals surface area contributed by atoms with Crippen LogP contribution in [-0.2, 0) is 25.6 Å². The molecule has 7 N–H and O–H groups in total. The van der Waals surface area contributed by atoms with Crippen LogP contribution in [0.3, 0.4) is 0 Å². The van der Waals surface area contributed by atoms with Gasteiger partial charge in [-0.2, -0.15) is 25.3 Å². The first-order valence-corrected chi connectivity index (χ1v) is 11.7. The van der Waals surface area contributed by atoms with Crippen molar-refractivity contribution in [2.75, 3.05) is 11.5 Å². The Morgan fingerprint density at radius 2 is 1.48 bits per heavy atom. The first-order chi connectivity index (χ1) is 15.5. The topological polar surface area (TPSA) is 171 Å². The highest BCUT2D eigenvalue weighted by molar-refractivity contribution is 7.80. The molecule has 33 heavy (non-hydrogen) atoms. The van der Waals surface area contributed by atoms with Crippen molar-refractivity contribution in [3.63, 3.8) is 0 Å². The summed E-state index contributed by atoms with van der Waals surface area (Å²) in [5.74, 6) is -3.51. The lowest BCUT2D eigenvalue weighted by molar-refractivity contribution is -0.142. The number of thiol groups is 2. The van der Waals surface area contributed by atoms with Crippen LogP contribution in [0, 0.1) is 5.92 Å². The van der Waals surface area contributed by atoms with Gasteiger partial charge in [0, 0.05) is 11.5 Å². The molecule has 1 aromatic rings. The van der Waals surface area contributed by atoms with Crippen LogP contribution in [0.1, 0.15) is 25.8 Å². The molecular formula is C21H32N4O6S2. The van der Waals surface area contributed by atoms with Gasteiger partial charge in [-0.1, -0.05) is 32.4 Å². The van der Waals surface area contributed by atoms with Gasteiger partial charge in [0.25, 0.3) is 0 Å². The van der Waals surface area contributed by atoms with Crippen molar-refractivity contribution < 1.29 is 29.4 Å². The summed E-state index contributed by atoms with van der Waals surface area (Å²) in [6.07, 6.45) is 0.720. The van der Waals surface area contributed by atoms with E-state index in [9.17, 15) is 24.3 Å². The van der Waals surface area contributed by atoms with E-state index < -0.39 is 47.9 Å². The fraction of sp³-hybridized carbons (Fsp3) is 0.524. The number of hydrogen-bond acceptors (Lipinski definition) is 8. The molecule has 0 aromatic heterocycles. The zero-order valence-electron chi connectivity index (χ0n) is 18.5. The minimum Gasteiger partial charge on any atom is -0.508 e. The summed E-state index contributed by atoms with van der Waals surface area (Å²) in [5, 5.41) is 26.0. The van der Waals surface area contributed by atoms with Gasteiger partial charge in [-0.15, -0.1) is 0 Å². The van der Waals surface area contributed by atoms with E-state index in [1.54, 1.807) is 19.1 Å². The lowest BCUT2D eigenvalue weighted by Crippen LogP contribution is -2.59. The predicted molar refractivity (Wildman–Crippen MR) is 130 cm³/mol. The van der Waals surface area contributed by atoms with E-state index in [1.807, 2.05) is 6.92 Å². The van der Waals surface area contributed by atoms with Crippen LogP contribution in [0.15, 0.2) is 24.3 Å². The number of amides is 3. The van der Waals surface area contributed by atoms with Crippen molar-refractivity contribution in [1.29, 1.82) is 0 Å². The Morgan fingerprint density at radius 3 is 1.97 bits per heavy atom. The van der Waals surface area contributed by atoms with Gasteiger partial charge < -0.3 is 31.9 Å². The van der Waals surface area contributed by atoms with E-state index in [2.05, 4.69) is 41.2 Å². The third-order valence-electron chi connectivity index (χ3n) is 5.13. The van der Waals surface area contributed by atoms with Gasteiger partial charge in [0.15, 0.2) is 0 Å². The van der Waals surface area contributed by atoms with Crippen molar-refractivity contribution in [3.05, 3.63) is 29.8 Å². The normalized spacial score (nSPS) is 15.4. The van der Waals surface area contributed by atoms with Crippen LogP contribution in [0.25, 0.3) is 0 Å². The quantitative estimate of drug-likeness (QED) is 0.172. The van der Waals surface area contributed by atoms with E-state index >= 15 is 0 Å².